The van der Waals surface area contributed by atoms with E-state index >= 15 is 0 Å². The van der Waals surface area contributed by atoms with Crippen LogP contribution < -0.4 is 5.84 Å². The van der Waals surface area contributed by atoms with E-state index in [9.17, 15) is 0 Å². The summed E-state index contributed by atoms with van der Waals surface area (Å²) in [5.74, 6) is 5.03. The van der Waals surface area contributed by atoms with Gasteiger partial charge in [-0.05, 0) is 0 Å². The Morgan fingerprint density at radius 3 is 2.10 bits per heavy atom. The molecule has 0 heterocycles. The predicted molar refractivity (Wildman–Crippen MR) is 41.4 cm³/mol. The molecule has 0 aromatic rings. The first kappa shape index (κ1) is 8.94. The Morgan fingerprint density at radius 2 is 2.00 bits per heavy atom. The van der Waals surface area contributed by atoms with Crippen molar-refractivity contribution in [2.75, 3.05) is 0 Å². The number of hydrazone groups is 1. The Bertz CT molecular complexity index is 155. The van der Waals surface area contributed by atoms with E-state index < -0.39 is 0 Å². The SMILES string of the molecule is CC(C)(C)C(/C=N/O)=N\N. The highest BCUT2D eigenvalue weighted by atomic mass is 16.4. The molecular formula is C6H13N3O. The average molecular weight is 143 g/mol. The number of hydrogen-bond donors (Lipinski definition) is 2. The molecule has 0 rings (SSSR count). The molecule has 0 aliphatic heterocycles. The third-order valence-electron chi connectivity index (χ3n) is 1.09. The molecule has 0 amide bonds. The maximum Gasteiger partial charge on any atom is 0.0899 e. The molecule has 0 saturated carbocycles. The summed E-state index contributed by atoms with van der Waals surface area (Å²) in [6.45, 7) is 5.79. The minimum absolute atomic E-state index is 0.166. The van der Waals surface area contributed by atoms with Crippen molar-refractivity contribution in [2.45, 2.75) is 20.8 Å². The Hall–Kier alpha value is -1.06. The molecule has 58 valence electrons. The van der Waals surface area contributed by atoms with Crippen LogP contribution in [-0.2, 0) is 0 Å². The van der Waals surface area contributed by atoms with Crippen molar-refractivity contribution in [3.63, 3.8) is 0 Å². The molecule has 4 nitrogen and oxygen atoms in total. The van der Waals surface area contributed by atoms with E-state index in [4.69, 9.17) is 11.0 Å². The van der Waals surface area contributed by atoms with Crippen LogP contribution in [-0.4, -0.2) is 17.1 Å². The van der Waals surface area contributed by atoms with Gasteiger partial charge in [-0.25, -0.2) is 0 Å². The first-order chi connectivity index (χ1) is 4.52. The van der Waals surface area contributed by atoms with Crippen molar-refractivity contribution in [2.24, 2.45) is 21.5 Å². The summed E-state index contributed by atoms with van der Waals surface area (Å²) < 4.78 is 0. The minimum atomic E-state index is -0.166. The smallest absolute Gasteiger partial charge is 0.0899 e. The van der Waals surface area contributed by atoms with Crippen molar-refractivity contribution in [1.29, 1.82) is 0 Å². The second kappa shape index (κ2) is 3.20. The molecule has 0 saturated heterocycles. The summed E-state index contributed by atoms with van der Waals surface area (Å²) in [5.41, 5.74) is 0.399. The predicted octanol–water partition coefficient (Wildman–Crippen LogP) is 0.807. The third-order valence-corrected chi connectivity index (χ3v) is 1.09. The van der Waals surface area contributed by atoms with Crippen molar-refractivity contribution in [3.05, 3.63) is 0 Å². The second-order valence-corrected chi connectivity index (χ2v) is 3.01. The molecular weight excluding hydrogens is 130 g/mol. The van der Waals surface area contributed by atoms with Gasteiger partial charge in [-0.2, -0.15) is 5.10 Å². The van der Waals surface area contributed by atoms with Crippen molar-refractivity contribution >= 4 is 11.9 Å². The maximum atomic E-state index is 8.16. The van der Waals surface area contributed by atoms with Crippen molar-refractivity contribution in [3.8, 4) is 0 Å². The highest BCUT2D eigenvalue weighted by Gasteiger charge is 2.16. The first-order valence-corrected chi connectivity index (χ1v) is 2.98. The molecule has 0 aliphatic carbocycles. The molecule has 0 aromatic carbocycles. The standard InChI is InChI=1S/C6H13N3O/c1-6(2,3)5(9-7)4-8-10/h4,10H,7H2,1-3H3/b8-4+,9-5-. The zero-order valence-electron chi connectivity index (χ0n) is 6.50. The third kappa shape index (κ3) is 2.48. The highest BCUT2D eigenvalue weighted by molar-refractivity contribution is 6.32. The van der Waals surface area contributed by atoms with Crippen molar-refractivity contribution in [1.82, 2.24) is 0 Å². The molecule has 0 aliphatic rings. The van der Waals surface area contributed by atoms with Crippen LogP contribution in [0.5, 0.6) is 0 Å². The Kier molecular flexibility index (Phi) is 2.86. The van der Waals surface area contributed by atoms with Gasteiger partial charge in [-0.3, -0.25) is 0 Å². The van der Waals surface area contributed by atoms with E-state index in [-0.39, 0.29) is 5.41 Å². The molecule has 10 heavy (non-hydrogen) atoms. The Morgan fingerprint density at radius 1 is 1.50 bits per heavy atom. The van der Waals surface area contributed by atoms with Gasteiger partial charge < -0.3 is 11.0 Å². The normalized spacial score (nSPS) is 14.5. The van der Waals surface area contributed by atoms with Crippen LogP contribution in [0.2, 0.25) is 0 Å². The lowest BCUT2D eigenvalue weighted by Crippen LogP contribution is -2.23. The number of oxime groups is 1. The lowest BCUT2D eigenvalue weighted by molar-refractivity contribution is 0.322. The van der Waals surface area contributed by atoms with Crippen molar-refractivity contribution < 1.29 is 5.21 Å². The van der Waals surface area contributed by atoms with E-state index in [0.717, 1.165) is 0 Å². The molecule has 0 radical (unpaired) electrons. The average Bonchev–Trinajstić information content (AvgIpc) is 1.80. The molecule has 0 unspecified atom stereocenters. The van der Waals surface area contributed by atoms with Crippen LogP contribution in [0, 0.1) is 5.41 Å². The van der Waals surface area contributed by atoms with Gasteiger partial charge in [-0.1, -0.05) is 25.9 Å². The molecule has 0 atom stereocenters. The fourth-order valence-corrected chi connectivity index (χ4v) is 0.475. The lowest BCUT2D eigenvalue weighted by atomic mass is 9.91. The van der Waals surface area contributed by atoms with Crippen LogP contribution in [0.1, 0.15) is 20.8 Å². The quantitative estimate of drug-likeness (QED) is 0.247. The molecule has 0 bridgehead atoms. The van der Waals surface area contributed by atoms with Gasteiger partial charge in [0.25, 0.3) is 0 Å². The largest absolute Gasteiger partial charge is 0.411 e. The zero-order valence-corrected chi connectivity index (χ0v) is 6.50. The second-order valence-electron chi connectivity index (χ2n) is 3.01. The number of hydrogen-bond acceptors (Lipinski definition) is 4. The van der Waals surface area contributed by atoms with Gasteiger partial charge in [-0.15, -0.1) is 0 Å². The van der Waals surface area contributed by atoms with Gasteiger partial charge in [0.15, 0.2) is 0 Å². The fourth-order valence-electron chi connectivity index (χ4n) is 0.475. The van der Waals surface area contributed by atoms with Crippen LogP contribution in [0.3, 0.4) is 0 Å². The van der Waals surface area contributed by atoms with Crippen LogP contribution in [0.4, 0.5) is 0 Å². The molecule has 0 spiro atoms. The van der Waals surface area contributed by atoms with Gasteiger partial charge in [0, 0.05) is 5.41 Å². The van der Waals surface area contributed by atoms with E-state index in [1.54, 1.807) is 0 Å². The highest BCUT2D eigenvalue weighted by Crippen LogP contribution is 2.13. The summed E-state index contributed by atoms with van der Waals surface area (Å²) in [7, 11) is 0. The molecule has 4 heteroatoms. The summed E-state index contributed by atoms with van der Waals surface area (Å²) in [6.07, 6.45) is 1.24. The number of nitrogens with two attached hydrogens (primary N) is 1. The van der Waals surface area contributed by atoms with E-state index in [1.165, 1.54) is 6.21 Å². The number of nitrogens with zero attached hydrogens (tertiary/aromatic N) is 2. The van der Waals surface area contributed by atoms with Crippen LogP contribution >= 0.6 is 0 Å². The molecule has 0 fully saturated rings. The van der Waals surface area contributed by atoms with E-state index in [2.05, 4.69) is 10.3 Å². The van der Waals surface area contributed by atoms with Gasteiger partial charge in [0.1, 0.15) is 0 Å². The zero-order chi connectivity index (χ0) is 8.20. The monoisotopic (exact) mass is 143 g/mol. The van der Waals surface area contributed by atoms with Crippen LogP contribution in [0.25, 0.3) is 0 Å². The summed E-state index contributed by atoms with van der Waals surface area (Å²) >= 11 is 0. The van der Waals surface area contributed by atoms with E-state index in [1.807, 2.05) is 20.8 Å². The minimum Gasteiger partial charge on any atom is -0.411 e. The fraction of sp³-hybridized carbons (Fsp3) is 0.667. The van der Waals surface area contributed by atoms with Crippen LogP contribution in [0.15, 0.2) is 10.3 Å². The topological polar surface area (TPSA) is 71.0 Å². The van der Waals surface area contributed by atoms with Gasteiger partial charge >= 0.3 is 0 Å². The summed E-state index contributed by atoms with van der Waals surface area (Å²) in [4.78, 5) is 0. The Balaban J connectivity index is 4.39. The van der Waals surface area contributed by atoms with Gasteiger partial charge in [0.05, 0.1) is 11.9 Å². The Labute approximate surface area is 60.4 Å². The number of rotatable bonds is 1. The summed E-state index contributed by atoms with van der Waals surface area (Å²) in [6, 6.07) is 0. The lowest BCUT2D eigenvalue weighted by Gasteiger charge is -2.15. The van der Waals surface area contributed by atoms with E-state index in [0.29, 0.717) is 5.71 Å². The first-order valence-electron chi connectivity index (χ1n) is 2.98. The molecule has 3 N–H and O–H groups in total. The van der Waals surface area contributed by atoms with Gasteiger partial charge in [0.2, 0.25) is 0 Å². The molecule has 0 aromatic heterocycles. The maximum absolute atomic E-state index is 8.16. The summed E-state index contributed by atoms with van der Waals surface area (Å²) in [5, 5.41) is 14.5.